The minimum absolute atomic E-state index is 0.215. The third-order valence-electron chi connectivity index (χ3n) is 6.44. The van der Waals surface area contributed by atoms with Crippen molar-refractivity contribution in [1.82, 2.24) is 15.3 Å². The van der Waals surface area contributed by atoms with Gasteiger partial charge < -0.3 is 23.8 Å². The molecule has 0 saturated heterocycles. The summed E-state index contributed by atoms with van der Waals surface area (Å²) in [7, 11) is 5.40. The summed E-state index contributed by atoms with van der Waals surface area (Å²) in [6, 6.07) is 14.2. The van der Waals surface area contributed by atoms with E-state index in [2.05, 4.69) is 51.5 Å². The Balaban J connectivity index is 1.56. The second-order valence-corrected chi connectivity index (χ2v) is 8.21. The van der Waals surface area contributed by atoms with Gasteiger partial charge in [0.05, 0.1) is 26.5 Å². The minimum Gasteiger partial charge on any atom is -0.493 e. The normalized spacial score (nSPS) is 15.7. The summed E-state index contributed by atoms with van der Waals surface area (Å²) in [5.74, 6) is 3.63. The van der Waals surface area contributed by atoms with Crippen LogP contribution in [-0.2, 0) is 6.54 Å². The molecule has 0 radical (unpaired) electrons. The van der Waals surface area contributed by atoms with Gasteiger partial charge in [-0.2, -0.15) is 0 Å². The molecule has 1 unspecified atom stereocenters. The summed E-state index contributed by atoms with van der Waals surface area (Å²) in [4.78, 5) is 11.0. The Morgan fingerprint density at radius 3 is 2.53 bits per heavy atom. The smallest absolute Gasteiger partial charge is 0.231 e. The van der Waals surface area contributed by atoms with E-state index < -0.39 is 0 Å². The molecule has 0 fully saturated rings. The average Bonchev–Trinajstić information content (AvgIpc) is 3.34. The van der Waals surface area contributed by atoms with Crippen LogP contribution in [0.4, 0.5) is 5.69 Å². The third-order valence-corrected chi connectivity index (χ3v) is 6.44. The number of ether oxygens (including phenoxy) is 4. The number of hydrogen-bond donors (Lipinski definition) is 1. The Morgan fingerprint density at radius 1 is 1.00 bits per heavy atom. The molecular weight excluding hydrogens is 432 g/mol. The predicted octanol–water partition coefficient (Wildman–Crippen LogP) is 4.28. The van der Waals surface area contributed by atoms with Crippen LogP contribution in [0.1, 0.15) is 17.6 Å². The highest BCUT2D eigenvalue weighted by Crippen LogP contribution is 2.52. The van der Waals surface area contributed by atoms with Crippen LogP contribution in [0.15, 0.2) is 54.9 Å². The molecule has 1 N–H and O–H groups in total. The second-order valence-electron chi connectivity index (χ2n) is 8.21. The Labute approximate surface area is 197 Å². The molecule has 0 saturated carbocycles. The molecule has 4 aromatic rings. The fourth-order valence-corrected chi connectivity index (χ4v) is 4.92. The number of methoxy groups -OCH3 is 2. The SMILES string of the molecule is COc1ccc2c(c1OC)C(NCc1ncccn1)N(C)c1c-2ccc2cc3c(cc12)OCO3. The monoisotopic (exact) mass is 456 g/mol. The summed E-state index contributed by atoms with van der Waals surface area (Å²) in [6.45, 7) is 0.729. The van der Waals surface area contributed by atoms with Crippen LogP contribution < -0.4 is 29.2 Å². The number of benzene rings is 3. The Kier molecular flexibility index (Phi) is 4.88. The average molecular weight is 457 g/mol. The summed E-state index contributed by atoms with van der Waals surface area (Å²) in [6.07, 6.45) is 3.28. The van der Waals surface area contributed by atoms with Crippen LogP contribution in [0.5, 0.6) is 23.0 Å². The first-order valence-corrected chi connectivity index (χ1v) is 11.0. The molecule has 2 aliphatic rings. The van der Waals surface area contributed by atoms with Gasteiger partial charge in [0.25, 0.3) is 0 Å². The zero-order chi connectivity index (χ0) is 23.2. The van der Waals surface area contributed by atoms with Gasteiger partial charge in [-0.1, -0.05) is 12.1 Å². The van der Waals surface area contributed by atoms with Crippen molar-refractivity contribution in [3.05, 3.63) is 66.2 Å². The number of rotatable bonds is 5. The van der Waals surface area contributed by atoms with Crippen LogP contribution in [0.2, 0.25) is 0 Å². The number of fused-ring (bicyclic) bond motifs is 6. The first-order valence-electron chi connectivity index (χ1n) is 11.0. The fraction of sp³-hybridized carbons (Fsp3) is 0.231. The lowest BCUT2D eigenvalue weighted by molar-refractivity contribution is 0.174. The van der Waals surface area contributed by atoms with E-state index in [1.54, 1.807) is 26.6 Å². The van der Waals surface area contributed by atoms with Crippen LogP contribution in [0.25, 0.3) is 21.9 Å². The van der Waals surface area contributed by atoms with Gasteiger partial charge in [0.15, 0.2) is 23.0 Å². The van der Waals surface area contributed by atoms with E-state index in [-0.39, 0.29) is 13.0 Å². The van der Waals surface area contributed by atoms with Gasteiger partial charge >= 0.3 is 0 Å². The maximum absolute atomic E-state index is 5.87. The van der Waals surface area contributed by atoms with E-state index in [9.17, 15) is 0 Å². The van der Waals surface area contributed by atoms with Crippen LogP contribution in [0, 0.1) is 0 Å². The molecule has 3 heterocycles. The molecule has 1 atom stereocenters. The molecule has 2 aliphatic heterocycles. The second kappa shape index (κ2) is 8.07. The first kappa shape index (κ1) is 20.6. The molecule has 1 aromatic heterocycles. The van der Waals surface area contributed by atoms with Gasteiger partial charge in [-0.05, 0) is 41.3 Å². The maximum atomic E-state index is 5.87. The number of aromatic nitrogens is 2. The highest BCUT2D eigenvalue weighted by Gasteiger charge is 2.34. The molecule has 0 aliphatic carbocycles. The molecule has 172 valence electrons. The zero-order valence-electron chi connectivity index (χ0n) is 19.2. The standard InChI is InChI=1S/C26H24N4O4/c1-30-24-17(6-5-15-11-20-21(12-18(15)24)34-14-33-20)16-7-8-19(31-2)25(32-3)23(16)26(30)29-13-22-27-9-4-10-28-22/h4-12,26,29H,13-14H2,1-3H3. The van der Waals surface area contributed by atoms with Gasteiger partial charge in [0.2, 0.25) is 6.79 Å². The van der Waals surface area contributed by atoms with Gasteiger partial charge in [0, 0.05) is 36.0 Å². The molecule has 0 spiro atoms. The van der Waals surface area contributed by atoms with Gasteiger partial charge in [-0.15, -0.1) is 0 Å². The highest BCUT2D eigenvalue weighted by atomic mass is 16.7. The van der Waals surface area contributed by atoms with Crippen molar-refractivity contribution < 1.29 is 18.9 Å². The van der Waals surface area contributed by atoms with E-state index in [4.69, 9.17) is 18.9 Å². The number of nitrogens with one attached hydrogen (secondary N) is 1. The summed E-state index contributed by atoms with van der Waals surface area (Å²) in [5.41, 5.74) is 4.30. The van der Waals surface area contributed by atoms with Crippen LogP contribution in [0.3, 0.4) is 0 Å². The lowest BCUT2D eigenvalue weighted by atomic mass is 9.88. The van der Waals surface area contributed by atoms with E-state index in [0.29, 0.717) is 23.9 Å². The molecule has 8 heteroatoms. The molecule has 34 heavy (non-hydrogen) atoms. The van der Waals surface area contributed by atoms with Crippen molar-refractivity contribution in [1.29, 1.82) is 0 Å². The van der Waals surface area contributed by atoms with Crippen molar-refractivity contribution in [2.45, 2.75) is 12.7 Å². The Bertz CT molecular complexity index is 1390. The van der Waals surface area contributed by atoms with Crippen molar-refractivity contribution in [3.8, 4) is 34.1 Å². The lowest BCUT2D eigenvalue weighted by Crippen LogP contribution is -2.39. The van der Waals surface area contributed by atoms with E-state index in [1.165, 1.54) is 0 Å². The maximum Gasteiger partial charge on any atom is 0.231 e. The van der Waals surface area contributed by atoms with Crippen molar-refractivity contribution in [2.75, 3.05) is 33.0 Å². The molecule has 3 aromatic carbocycles. The first-order chi connectivity index (χ1) is 16.7. The van der Waals surface area contributed by atoms with E-state index >= 15 is 0 Å². The Morgan fingerprint density at radius 2 is 1.76 bits per heavy atom. The third kappa shape index (κ3) is 3.10. The fourth-order valence-electron chi connectivity index (χ4n) is 4.92. The van der Waals surface area contributed by atoms with Crippen LogP contribution in [-0.4, -0.2) is 38.0 Å². The quantitative estimate of drug-likeness (QED) is 0.477. The number of nitrogens with zero attached hydrogens (tertiary/aromatic N) is 3. The predicted molar refractivity (Wildman–Crippen MR) is 129 cm³/mol. The zero-order valence-corrected chi connectivity index (χ0v) is 19.2. The van der Waals surface area contributed by atoms with Crippen LogP contribution >= 0.6 is 0 Å². The minimum atomic E-state index is -0.215. The van der Waals surface area contributed by atoms with E-state index in [0.717, 1.165) is 44.6 Å². The highest BCUT2D eigenvalue weighted by molar-refractivity contribution is 6.05. The molecule has 0 bridgehead atoms. The van der Waals surface area contributed by atoms with Gasteiger partial charge in [-0.3, -0.25) is 5.32 Å². The molecule has 0 amide bonds. The summed E-state index contributed by atoms with van der Waals surface area (Å²) >= 11 is 0. The Hall–Kier alpha value is -4.04. The van der Waals surface area contributed by atoms with Crippen molar-refractivity contribution in [3.63, 3.8) is 0 Å². The lowest BCUT2D eigenvalue weighted by Gasteiger charge is -2.39. The van der Waals surface area contributed by atoms with Crippen molar-refractivity contribution >= 4 is 16.5 Å². The molecule has 6 rings (SSSR count). The van der Waals surface area contributed by atoms with Crippen molar-refractivity contribution in [2.24, 2.45) is 0 Å². The summed E-state index contributed by atoms with van der Waals surface area (Å²) in [5, 5.41) is 5.81. The largest absolute Gasteiger partial charge is 0.493 e. The molecular formula is C26H24N4O4. The topological polar surface area (TPSA) is 78.0 Å². The molecule has 8 nitrogen and oxygen atoms in total. The number of hydrogen-bond acceptors (Lipinski definition) is 8. The summed E-state index contributed by atoms with van der Waals surface area (Å²) < 4.78 is 22.8. The number of anilines is 1. The van der Waals surface area contributed by atoms with Gasteiger partial charge in [0.1, 0.15) is 12.0 Å². The van der Waals surface area contributed by atoms with E-state index in [1.807, 2.05) is 18.2 Å². The van der Waals surface area contributed by atoms with Gasteiger partial charge in [-0.25, -0.2) is 9.97 Å².